The maximum absolute atomic E-state index is 9.78. The van der Waals surface area contributed by atoms with Gasteiger partial charge in [0.25, 0.3) is 0 Å². The van der Waals surface area contributed by atoms with Crippen LogP contribution in [-0.4, -0.2) is 5.11 Å². The number of hydrogen-bond acceptors (Lipinski definition) is 4. The van der Waals surface area contributed by atoms with Gasteiger partial charge in [-0.3, -0.25) is 0 Å². The summed E-state index contributed by atoms with van der Waals surface area (Å²) in [5.74, 6) is 3.06. The Labute approximate surface area is 151 Å². The molecule has 0 saturated heterocycles. The third-order valence-corrected chi connectivity index (χ3v) is 4.90. The minimum absolute atomic E-state index is 0.0815. The van der Waals surface area contributed by atoms with Crippen molar-refractivity contribution >= 4 is 0 Å². The van der Waals surface area contributed by atoms with Crippen molar-refractivity contribution in [2.75, 3.05) is 0 Å². The van der Waals surface area contributed by atoms with Crippen molar-refractivity contribution in [2.45, 2.75) is 26.6 Å². The molecule has 5 rings (SSSR count). The van der Waals surface area contributed by atoms with Crippen LogP contribution in [0.2, 0.25) is 0 Å². The van der Waals surface area contributed by atoms with Crippen molar-refractivity contribution in [2.24, 2.45) is 0 Å². The van der Waals surface area contributed by atoms with E-state index in [9.17, 15) is 5.11 Å². The van der Waals surface area contributed by atoms with Gasteiger partial charge in [-0.25, -0.2) is 0 Å². The van der Waals surface area contributed by atoms with E-state index in [1.165, 1.54) is 5.56 Å². The van der Waals surface area contributed by atoms with Gasteiger partial charge in [0, 0.05) is 23.3 Å². The van der Waals surface area contributed by atoms with Crippen LogP contribution in [0, 0.1) is 13.8 Å². The fraction of sp³-hybridized carbons (Fsp3) is 0.182. The molecule has 3 aromatic rings. The summed E-state index contributed by atoms with van der Waals surface area (Å²) in [6.07, 6.45) is -0.0815. The van der Waals surface area contributed by atoms with Gasteiger partial charge >= 0.3 is 0 Å². The number of fused-ring (bicyclic) bond motifs is 2. The van der Waals surface area contributed by atoms with Crippen molar-refractivity contribution in [1.29, 1.82) is 0 Å². The molecule has 0 fully saturated rings. The summed E-state index contributed by atoms with van der Waals surface area (Å²) in [5, 5.41) is 9.78. The van der Waals surface area contributed by atoms with Gasteiger partial charge in [0.05, 0.1) is 6.61 Å². The Morgan fingerprint density at radius 2 is 1.81 bits per heavy atom. The van der Waals surface area contributed by atoms with Gasteiger partial charge in [-0.05, 0) is 54.8 Å². The number of phenols is 1. The molecule has 1 atom stereocenters. The van der Waals surface area contributed by atoms with Gasteiger partial charge in [-0.15, -0.1) is 0 Å². The third kappa shape index (κ3) is 2.34. The van der Waals surface area contributed by atoms with E-state index in [-0.39, 0.29) is 11.9 Å². The topological polar surface area (TPSA) is 47.9 Å². The molecule has 2 aliphatic heterocycles. The van der Waals surface area contributed by atoms with Crippen LogP contribution < -0.4 is 9.47 Å². The highest BCUT2D eigenvalue weighted by atomic mass is 16.5. The highest BCUT2D eigenvalue weighted by Crippen LogP contribution is 2.52. The van der Waals surface area contributed by atoms with Crippen LogP contribution in [0.1, 0.15) is 33.9 Å². The molecule has 4 nitrogen and oxygen atoms in total. The molecule has 2 heterocycles. The fourth-order valence-corrected chi connectivity index (χ4v) is 3.84. The summed E-state index contributed by atoms with van der Waals surface area (Å²) >= 11 is 0. The first-order valence-electron chi connectivity index (χ1n) is 8.63. The lowest BCUT2D eigenvalue weighted by Crippen LogP contribution is -2.10. The SMILES string of the molecule is Cc1cc(O)cc(Oc2cc(C)c3c(c2)Oc2cccc4c2[C@@H]3OC4)c1. The maximum Gasteiger partial charge on any atom is 0.137 e. The Bertz CT molecular complexity index is 1020. The van der Waals surface area contributed by atoms with Crippen LogP contribution >= 0.6 is 0 Å². The number of ether oxygens (including phenoxy) is 3. The molecule has 26 heavy (non-hydrogen) atoms. The molecule has 1 N–H and O–H groups in total. The van der Waals surface area contributed by atoms with Crippen LogP contribution in [0.4, 0.5) is 0 Å². The third-order valence-electron chi connectivity index (χ3n) is 4.90. The number of hydrogen-bond donors (Lipinski definition) is 1. The molecule has 0 amide bonds. The van der Waals surface area contributed by atoms with Gasteiger partial charge in [0.1, 0.15) is 34.9 Å². The summed E-state index contributed by atoms with van der Waals surface area (Å²) in [5.41, 5.74) is 5.38. The van der Waals surface area contributed by atoms with Crippen LogP contribution in [0.5, 0.6) is 28.7 Å². The summed E-state index contributed by atoms with van der Waals surface area (Å²) in [4.78, 5) is 0. The largest absolute Gasteiger partial charge is 0.508 e. The molecule has 130 valence electrons. The van der Waals surface area contributed by atoms with Crippen molar-refractivity contribution in [3.8, 4) is 28.7 Å². The minimum Gasteiger partial charge on any atom is -0.508 e. The normalized spacial score (nSPS) is 16.6. The van der Waals surface area contributed by atoms with Gasteiger partial charge < -0.3 is 19.3 Å². The molecule has 0 spiro atoms. The first-order valence-corrected chi connectivity index (χ1v) is 8.63. The molecule has 0 bridgehead atoms. The Kier molecular flexibility index (Phi) is 3.24. The van der Waals surface area contributed by atoms with Gasteiger partial charge in [-0.1, -0.05) is 12.1 Å². The van der Waals surface area contributed by atoms with Crippen LogP contribution in [0.25, 0.3) is 0 Å². The van der Waals surface area contributed by atoms with Crippen LogP contribution in [-0.2, 0) is 11.3 Å². The molecule has 0 aliphatic carbocycles. The number of phenolic OH excluding ortho intramolecular Hbond substituents is 1. The van der Waals surface area contributed by atoms with E-state index < -0.39 is 0 Å². The second kappa shape index (κ2) is 5.51. The van der Waals surface area contributed by atoms with E-state index in [4.69, 9.17) is 14.2 Å². The number of aromatic hydroxyl groups is 1. The van der Waals surface area contributed by atoms with Crippen LogP contribution in [0.3, 0.4) is 0 Å². The quantitative estimate of drug-likeness (QED) is 0.663. The van der Waals surface area contributed by atoms with Crippen molar-refractivity contribution in [1.82, 2.24) is 0 Å². The summed E-state index contributed by atoms with van der Waals surface area (Å²) in [6, 6.07) is 15.1. The molecule has 3 aromatic carbocycles. The monoisotopic (exact) mass is 346 g/mol. The molecule has 4 heteroatoms. The molecule has 0 unspecified atom stereocenters. The predicted molar refractivity (Wildman–Crippen MR) is 97.2 cm³/mol. The summed E-state index contributed by atoms with van der Waals surface area (Å²) in [7, 11) is 0. The van der Waals surface area contributed by atoms with E-state index in [2.05, 4.69) is 6.07 Å². The second-order valence-electron chi connectivity index (χ2n) is 6.88. The molecule has 0 radical (unpaired) electrons. The lowest BCUT2D eigenvalue weighted by molar-refractivity contribution is 0.0878. The van der Waals surface area contributed by atoms with Gasteiger partial charge in [0.15, 0.2) is 0 Å². The van der Waals surface area contributed by atoms with E-state index in [1.807, 2.05) is 44.2 Å². The number of rotatable bonds is 2. The zero-order valence-corrected chi connectivity index (χ0v) is 14.6. The zero-order valence-electron chi connectivity index (χ0n) is 14.6. The minimum atomic E-state index is -0.0815. The predicted octanol–water partition coefficient (Wildman–Crippen LogP) is 5.53. The molecule has 2 aliphatic rings. The summed E-state index contributed by atoms with van der Waals surface area (Å²) in [6.45, 7) is 4.56. The van der Waals surface area contributed by atoms with Crippen molar-refractivity contribution < 1.29 is 19.3 Å². The Balaban J connectivity index is 1.56. The first kappa shape index (κ1) is 15.3. The summed E-state index contributed by atoms with van der Waals surface area (Å²) < 4.78 is 18.2. The highest BCUT2D eigenvalue weighted by molar-refractivity contribution is 5.60. The molecular formula is C22H18O4. The Hall–Kier alpha value is -2.98. The smallest absolute Gasteiger partial charge is 0.137 e. The maximum atomic E-state index is 9.78. The van der Waals surface area contributed by atoms with E-state index in [1.54, 1.807) is 12.1 Å². The lowest BCUT2D eigenvalue weighted by atomic mass is 9.92. The van der Waals surface area contributed by atoms with Gasteiger partial charge in [-0.2, -0.15) is 0 Å². The van der Waals surface area contributed by atoms with Crippen molar-refractivity contribution in [3.05, 3.63) is 76.3 Å². The Morgan fingerprint density at radius 3 is 2.65 bits per heavy atom. The molecule has 0 aromatic heterocycles. The fourth-order valence-electron chi connectivity index (χ4n) is 3.84. The zero-order chi connectivity index (χ0) is 17.8. The van der Waals surface area contributed by atoms with E-state index in [0.29, 0.717) is 18.1 Å². The highest BCUT2D eigenvalue weighted by Gasteiger charge is 2.36. The molecular weight excluding hydrogens is 328 g/mol. The van der Waals surface area contributed by atoms with E-state index in [0.717, 1.165) is 33.8 Å². The second-order valence-corrected chi connectivity index (χ2v) is 6.88. The standard InChI is InChI=1S/C22H18O4/c1-12-6-15(23)9-16(7-12)25-17-8-13(2)20-19(10-17)26-18-5-3-4-14-11-24-22(20)21(14)18/h3-10,22-23H,11H2,1-2H3/t22-/m1/s1. The first-order chi connectivity index (χ1) is 12.6. The van der Waals surface area contributed by atoms with E-state index >= 15 is 0 Å². The average molecular weight is 346 g/mol. The lowest BCUT2D eigenvalue weighted by Gasteiger charge is -2.26. The Morgan fingerprint density at radius 1 is 0.962 bits per heavy atom. The number of aryl methyl sites for hydroxylation is 2. The van der Waals surface area contributed by atoms with Gasteiger partial charge in [0.2, 0.25) is 0 Å². The van der Waals surface area contributed by atoms with Crippen LogP contribution in [0.15, 0.2) is 48.5 Å². The average Bonchev–Trinajstić information content (AvgIpc) is 2.99. The van der Waals surface area contributed by atoms with Crippen molar-refractivity contribution in [3.63, 3.8) is 0 Å². The number of benzene rings is 3. The molecule has 0 saturated carbocycles.